The first kappa shape index (κ1) is 26.6. The molecule has 0 aromatic heterocycles. The van der Waals surface area contributed by atoms with Gasteiger partial charge in [0.25, 0.3) is 0 Å². The second kappa shape index (κ2) is 10.4. The molecule has 4 heteroatoms. The second-order valence-electron chi connectivity index (χ2n) is 13.5. The molecule has 6 rings (SSSR count). The van der Waals surface area contributed by atoms with Crippen LogP contribution in [-0.4, -0.2) is 24.1 Å². The molecule has 0 amide bonds. The number of hydrogen-bond donors (Lipinski definition) is 0. The Balaban J connectivity index is 1.11. The smallest absolute Gasteiger partial charge is 0.338 e. The predicted molar refractivity (Wildman–Crippen MR) is 152 cm³/mol. The van der Waals surface area contributed by atoms with Crippen LogP contribution in [0.1, 0.15) is 99.3 Å². The molecule has 4 fully saturated rings. The molecule has 39 heavy (non-hydrogen) atoms. The van der Waals surface area contributed by atoms with Crippen molar-refractivity contribution in [2.75, 3.05) is 0 Å². The molecule has 0 N–H and O–H groups in total. The van der Waals surface area contributed by atoms with Crippen molar-refractivity contribution >= 4 is 11.9 Å². The summed E-state index contributed by atoms with van der Waals surface area (Å²) in [5.74, 6) is 2.91. The number of ether oxygens (including phenoxy) is 2. The Hall–Kier alpha value is -2.62. The second-order valence-corrected chi connectivity index (χ2v) is 13.5. The van der Waals surface area contributed by atoms with E-state index in [1.165, 1.54) is 32.1 Å². The van der Waals surface area contributed by atoms with Crippen LogP contribution in [0.3, 0.4) is 0 Å². The molecule has 2 aromatic carbocycles. The maximum absolute atomic E-state index is 12.8. The van der Waals surface area contributed by atoms with E-state index in [9.17, 15) is 9.59 Å². The molecule has 4 nitrogen and oxygen atoms in total. The van der Waals surface area contributed by atoms with Gasteiger partial charge in [0, 0.05) is 5.92 Å². The Morgan fingerprint density at radius 1 is 0.744 bits per heavy atom. The summed E-state index contributed by atoms with van der Waals surface area (Å²) >= 11 is 0. The van der Waals surface area contributed by atoms with Gasteiger partial charge < -0.3 is 9.47 Å². The lowest BCUT2D eigenvalue weighted by molar-refractivity contribution is -0.133. The van der Waals surface area contributed by atoms with E-state index in [2.05, 4.69) is 20.8 Å². The zero-order valence-electron chi connectivity index (χ0n) is 23.8. The van der Waals surface area contributed by atoms with Gasteiger partial charge in [0.05, 0.1) is 11.1 Å². The first-order chi connectivity index (χ1) is 18.8. The molecule has 0 unspecified atom stereocenters. The fraction of sp³-hybridized carbons (Fsp3) is 0.600. The third kappa shape index (κ3) is 4.72. The van der Waals surface area contributed by atoms with Gasteiger partial charge in [0.2, 0.25) is 0 Å². The summed E-state index contributed by atoms with van der Waals surface area (Å²) in [5.41, 5.74) is 1.87. The van der Waals surface area contributed by atoms with Crippen molar-refractivity contribution in [1.82, 2.24) is 0 Å². The van der Waals surface area contributed by atoms with Crippen LogP contribution in [0.2, 0.25) is 0 Å². The van der Waals surface area contributed by atoms with Gasteiger partial charge in [-0.2, -0.15) is 0 Å². The maximum Gasteiger partial charge on any atom is 0.338 e. The molecule has 4 aliphatic rings. The van der Waals surface area contributed by atoms with Crippen LogP contribution in [-0.2, 0) is 9.47 Å². The van der Waals surface area contributed by atoms with Crippen LogP contribution in [0.4, 0.5) is 0 Å². The maximum atomic E-state index is 12.8. The minimum atomic E-state index is -0.193. The molecule has 9 atom stereocenters. The van der Waals surface area contributed by atoms with E-state index in [-0.39, 0.29) is 29.6 Å². The Labute approximate surface area is 233 Å². The average molecular weight is 529 g/mol. The van der Waals surface area contributed by atoms with Gasteiger partial charge in [-0.05, 0) is 123 Å². The van der Waals surface area contributed by atoms with E-state index >= 15 is 0 Å². The number of hydrogen-bond acceptors (Lipinski definition) is 4. The molecule has 0 radical (unpaired) electrons. The molecular weight excluding hydrogens is 484 g/mol. The van der Waals surface area contributed by atoms with Crippen LogP contribution < -0.4 is 0 Å². The van der Waals surface area contributed by atoms with Crippen LogP contribution in [0.25, 0.3) is 0 Å². The Kier molecular flexibility index (Phi) is 7.10. The average Bonchev–Trinajstić information content (AvgIpc) is 3.31. The van der Waals surface area contributed by atoms with Crippen LogP contribution >= 0.6 is 0 Å². The summed E-state index contributed by atoms with van der Waals surface area (Å²) < 4.78 is 12.1. The van der Waals surface area contributed by atoms with Crippen molar-refractivity contribution < 1.29 is 19.1 Å². The highest BCUT2D eigenvalue weighted by Crippen LogP contribution is 2.68. The number of esters is 2. The van der Waals surface area contributed by atoms with E-state index < -0.39 is 0 Å². The van der Waals surface area contributed by atoms with E-state index in [4.69, 9.17) is 9.47 Å². The lowest BCUT2D eigenvalue weighted by Crippen LogP contribution is -2.54. The molecule has 0 bridgehead atoms. The molecule has 208 valence electrons. The monoisotopic (exact) mass is 528 g/mol. The first-order valence-electron chi connectivity index (χ1n) is 15.3. The fourth-order valence-corrected chi connectivity index (χ4v) is 9.82. The molecule has 0 heterocycles. The summed E-state index contributed by atoms with van der Waals surface area (Å²) in [4.78, 5) is 25.5. The molecular formula is C35H44O4. The molecule has 0 saturated heterocycles. The molecule has 4 aliphatic carbocycles. The van der Waals surface area contributed by atoms with Crippen molar-refractivity contribution in [3.63, 3.8) is 0 Å². The summed E-state index contributed by atoms with van der Waals surface area (Å²) in [7, 11) is 0. The third-order valence-corrected chi connectivity index (χ3v) is 11.8. The van der Waals surface area contributed by atoms with Gasteiger partial charge in [0.1, 0.15) is 12.2 Å². The van der Waals surface area contributed by atoms with E-state index in [0.29, 0.717) is 34.3 Å². The van der Waals surface area contributed by atoms with Gasteiger partial charge in [-0.25, -0.2) is 9.59 Å². The minimum Gasteiger partial charge on any atom is -0.459 e. The van der Waals surface area contributed by atoms with Crippen molar-refractivity contribution in [1.29, 1.82) is 0 Å². The van der Waals surface area contributed by atoms with Crippen molar-refractivity contribution in [2.24, 2.45) is 40.4 Å². The third-order valence-electron chi connectivity index (χ3n) is 11.8. The number of fused-ring (bicyclic) bond motifs is 5. The van der Waals surface area contributed by atoms with Crippen molar-refractivity contribution in [2.45, 2.75) is 90.8 Å². The number of benzene rings is 2. The lowest BCUT2D eigenvalue weighted by Gasteiger charge is -2.61. The van der Waals surface area contributed by atoms with Crippen LogP contribution in [0.15, 0.2) is 60.7 Å². The fourth-order valence-electron chi connectivity index (χ4n) is 9.82. The zero-order valence-corrected chi connectivity index (χ0v) is 23.8. The molecule has 0 spiro atoms. The number of carbonyl (C=O) groups is 2. The summed E-state index contributed by atoms with van der Waals surface area (Å²) in [6.07, 6.45) is 10.6. The SMILES string of the molecule is C[C@H](OC(=O)c1ccccc1)[C@@H]1CC[C@@H]2[C@@H]3CC[C@H]4C[C@H](OC(=O)c5ccccc5)CC[C@]4(C)[C@H]3CC[C@]21C. The van der Waals surface area contributed by atoms with Crippen molar-refractivity contribution in [3.05, 3.63) is 71.8 Å². The lowest BCUT2D eigenvalue weighted by atomic mass is 9.44. The minimum absolute atomic E-state index is 0.0391. The van der Waals surface area contributed by atoms with Gasteiger partial charge in [0.15, 0.2) is 0 Å². The molecule has 4 saturated carbocycles. The standard InChI is InChI=1S/C35H44O4/c1-23(38-32(36)24-10-6-4-7-11-24)29-16-17-30-28-15-14-26-22-27(39-33(37)25-12-8-5-9-13-25)18-20-34(26,2)31(28)19-21-35(29,30)3/h4-13,23,26-31H,14-22H2,1-3H3/t23-,26-,27+,28-,29-,30+,31-,34-,35-/m0/s1. The van der Waals surface area contributed by atoms with E-state index in [1.54, 1.807) is 0 Å². The van der Waals surface area contributed by atoms with Gasteiger partial charge in [-0.15, -0.1) is 0 Å². The van der Waals surface area contributed by atoms with Gasteiger partial charge in [-0.1, -0.05) is 50.2 Å². The number of rotatable bonds is 5. The topological polar surface area (TPSA) is 52.6 Å². The summed E-state index contributed by atoms with van der Waals surface area (Å²) in [5, 5.41) is 0. The van der Waals surface area contributed by atoms with Gasteiger partial charge >= 0.3 is 11.9 Å². The molecule has 2 aromatic rings. The Morgan fingerprint density at radius 2 is 1.36 bits per heavy atom. The summed E-state index contributed by atoms with van der Waals surface area (Å²) in [6.45, 7) is 7.19. The number of carbonyl (C=O) groups excluding carboxylic acids is 2. The van der Waals surface area contributed by atoms with E-state index in [0.717, 1.165) is 37.5 Å². The van der Waals surface area contributed by atoms with Crippen molar-refractivity contribution in [3.8, 4) is 0 Å². The Morgan fingerprint density at radius 3 is 2.05 bits per heavy atom. The largest absolute Gasteiger partial charge is 0.459 e. The molecule has 0 aliphatic heterocycles. The highest BCUT2D eigenvalue weighted by molar-refractivity contribution is 5.89. The predicted octanol–water partition coefficient (Wildman–Crippen LogP) is 8.12. The quantitative estimate of drug-likeness (QED) is 0.368. The highest BCUT2D eigenvalue weighted by atomic mass is 16.5. The highest BCUT2D eigenvalue weighted by Gasteiger charge is 2.61. The summed E-state index contributed by atoms with van der Waals surface area (Å²) in [6, 6.07) is 18.8. The normalized spacial score (nSPS) is 38.0. The van der Waals surface area contributed by atoms with Crippen LogP contribution in [0, 0.1) is 40.4 Å². The Bertz CT molecular complexity index is 1180. The first-order valence-corrected chi connectivity index (χ1v) is 15.3. The van der Waals surface area contributed by atoms with Gasteiger partial charge in [-0.3, -0.25) is 0 Å². The van der Waals surface area contributed by atoms with Crippen LogP contribution in [0.5, 0.6) is 0 Å². The zero-order chi connectivity index (χ0) is 27.2. The van der Waals surface area contributed by atoms with E-state index in [1.807, 2.05) is 60.7 Å².